The molecule has 3 rings (SSSR count). The van der Waals surface area contributed by atoms with Crippen molar-refractivity contribution in [2.75, 3.05) is 7.05 Å². The summed E-state index contributed by atoms with van der Waals surface area (Å²) in [6, 6.07) is 0. The van der Waals surface area contributed by atoms with Crippen molar-refractivity contribution in [2.45, 2.75) is 37.3 Å². The van der Waals surface area contributed by atoms with Crippen LogP contribution in [0.4, 0.5) is 0 Å². The third kappa shape index (κ3) is 5.02. The van der Waals surface area contributed by atoms with Crippen molar-refractivity contribution in [3.8, 4) is 0 Å². The van der Waals surface area contributed by atoms with Gasteiger partial charge in [-0.25, -0.2) is 24.2 Å². The minimum absolute atomic E-state index is 0.155. The Kier molecular flexibility index (Phi) is 6.16. The van der Waals surface area contributed by atoms with Gasteiger partial charge in [-0.3, -0.25) is 4.52 Å². The van der Waals surface area contributed by atoms with Crippen LogP contribution in [-0.2, 0) is 23.0 Å². The highest BCUT2D eigenvalue weighted by Crippen LogP contribution is 2.43. The van der Waals surface area contributed by atoms with Gasteiger partial charge in [0.1, 0.15) is 24.4 Å². The Balaban J connectivity index is 1.81. The summed E-state index contributed by atoms with van der Waals surface area (Å²) in [4.78, 5) is 45.2. The number of hydrogen-bond donors (Lipinski definition) is 7. The number of rotatable bonds is 7. The van der Waals surface area contributed by atoms with Crippen molar-refractivity contribution in [3.05, 3.63) is 11.5 Å². The van der Waals surface area contributed by atoms with Crippen LogP contribution in [0.2, 0.25) is 0 Å². The maximum atomic E-state index is 11.3. The van der Waals surface area contributed by atoms with Crippen LogP contribution in [0.1, 0.15) is 6.42 Å². The van der Waals surface area contributed by atoms with Crippen molar-refractivity contribution in [1.82, 2.24) is 15.3 Å². The quantitative estimate of drug-likeness (QED) is 0.152. The molecule has 0 amide bonds. The van der Waals surface area contributed by atoms with Gasteiger partial charge in [-0.2, -0.15) is 4.62 Å². The summed E-state index contributed by atoms with van der Waals surface area (Å²) in [5, 5.41) is 23.4. The molecule has 3 aliphatic heterocycles. The Morgan fingerprint density at radius 2 is 1.93 bits per heavy atom. The molecule has 0 aromatic heterocycles. The lowest BCUT2D eigenvalue weighted by Crippen LogP contribution is -2.51. The fraction of sp³-hybridized carbons (Fsp3) is 0.636. The van der Waals surface area contributed by atoms with E-state index in [4.69, 9.17) is 24.3 Å². The van der Waals surface area contributed by atoms with E-state index in [1.165, 1.54) is 11.2 Å². The maximum Gasteiger partial charge on any atom is 0.491 e. The summed E-state index contributed by atoms with van der Waals surface area (Å²) >= 11 is 0. The number of hydrogen-bond acceptors (Lipinski definition) is 12. The molecular weight excluding hydrogens is 440 g/mol. The molecule has 29 heavy (non-hydrogen) atoms. The van der Waals surface area contributed by atoms with E-state index < -0.39 is 46.5 Å². The van der Waals surface area contributed by atoms with Gasteiger partial charge < -0.3 is 44.7 Å². The zero-order valence-electron chi connectivity index (χ0n) is 14.7. The lowest BCUT2D eigenvalue weighted by molar-refractivity contribution is -0.174. The fourth-order valence-electron chi connectivity index (χ4n) is 3.01. The molecule has 3 heterocycles. The summed E-state index contributed by atoms with van der Waals surface area (Å²) in [6.07, 6.45) is -4.99. The Morgan fingerprint density at radius 3 is 2.52 bits per heavy atom. The van der Waals surface area contributed by atoms with Crippen molar-refractivity contribution < 1.29 is 52.8 Å². The number of phosphoric acid groups is 2. The van der Waals surface area contributed by atoms with Crippen LogP contribution in [0.3, 0.4) is 0 Å². The normalized spacial score (nSPS) is 30.9. The van der Waals surface area contributed by atoms with E-state index >= 15 is 0 Å². The molecule has 3 aliphatic rings. The first kappa shape index (κ1) is 22.3. The molecular formula is C11H19N5O11P2. The average Bonchev–Trinajstić information content (AvgIpc) is 3.16. The molecule has 0 aromatic rings. The predicted molar refractivity (Wildman–Crippen MR) is 92.1 cm³/mol. The van der Waals surface area contributed by atoms with Crippen molar-refractivity contribution in [2.24, 2.45) is 9.98 Å². The molecule has 16 nitrogen and oxygen atoms in total. The molecule has 0 bridgehead atoms. The van der Waals surface area contributed by atoms with Crippen LogP contribution in [0.25, 0.3) is 0 Å². The van der Waals surface area contributed by atoms with Gasteiger partial charge >= 0.3 is 15.6 Å². The number of aliphatic hydroxyl groups is 2. The maximum absolute atomic E-state index is 11.3. The van der Waals surface area contributed by atoms with E-state index in [9.17, 15) is 19.3 Å². The number of fused-ring (bicyclic) bond motifs is 1. The van der Waals surface area contributed by atoms with E-state index in [-0.39, 0.29) is 17.9 Å². The third-order valence-corrected chi connectivity index (χ3v) is 4.97. The first-order chi connectivity index (χ1) is 13.4. The van der Waals surface area contributed by atoms with E-state index in [1.807, 2.05) is 0 Å². The molecule has 164 valence electrons. The lowest BCUT2D eigenvalue weighted by atomic mass is 10.1. The molecule has 0 spiro atoms. The average molecular weight is 459 g/mol. The molecule has 7 N–H and O–H groups in total. The first-order valence-electron chi connectivity index (χ1n) is 7.96. The van der Waals surface area contributed by atoms with E-state index in [0.717, 1.165) is 11.4 Å². The van der Waals surface area contributed by atoms with Gasteiger partial charge in [-0.05, 0) is 0 Å². The standard InChI is InChI=1S/C11H19N5O11P2/c1-12-9-7-10(16(4-14-9)27-29(22,23)24)15(3-13-7)6-2-5(17)8(25-6)11(18)26-28(19,20)21/h3-6,8,10-12,17-18H,2H2,1H3,(H2,19,20,21)(H2,22,23,24)/t5-,6+,8-,10?,11?/m0/s1. The summed E-state index contributed by atoms with van der Waals surface area (Å²) in [7, 11) is -8.45. The summed E-state index contributed by atoms with van der Waals surface area (Å²) in [5.74, 6) is 0.277. The minimum Gasteiger partial charge on any atom is -0.390 e. The molecule has 0 aliphatic carbocycles. The van der Waals surface area contributed by atoms with Crippen molar-refractivity contribution in [3.63, 3.8) is 0 Å². The van der Waals surface area contributed by atoms with Crippen LogP contribution in [-0.4, -0.2) is 90.4 Å². The summed E-state index contributed by atoms with van der Waals surface area (Å²) < 4.78 is 36.4. The number of nitrogens with zero attached hydrogens (tertiary/aromatic N) is 4. The van der Waals surface area contributed by atoms with Gasteiger partial charge in [0, 0.05) is 13.5 Å². The van der Waals surface area contributed by atoms with Gasteiger partial charge in [-0.15, -0.1) is 0 Å². The molecule has 18 heteroatoms. The van der Waals surface area contributed by atoms with Crippen LogP contribution in [0, 0.1) is 0 Å². The van der Waals surface area contributed by atoms with Gasteiger partial charge in [-0.1, -0.05) is 0 Å². The largest absolute Gasteiger partial charge is 0.491 e. The Morgan fingerprint density at radius 1 is 1.24 bits per heavy atom. The molecule has 0 saturated carbocycles. The number of nitrogens with one attached hydrogen (secondary N) is 1. The van der Waals surface area contributed by atoms with Gasteiger partial charge in [0.2, 0.25) is 0 Å². The van der Waals surface area contributed by atoms with Gasteiger partial charge in [0.05, 0.1) is 12.4 Å². The van der Waals surface area contributed by atoms with E-state index in [2.05, 4.69) is 24.4 Å². The summed E-state index contributed by atoms with van der Waals surface area (Å²) in [5.41, 5.74) is 0.219. The SMILES string of the molecule is CNC1=C2N=CN([C@H]3C[C@H](O)[C@@H](C(O)OP(=O)(O)O)O3)C2N(OP(=O)(O)O)C=N1. The van der Waals surface area contributed by atoms with Crippen LogP contribution >= 0.6 is 15.6 Å². The Bertz CT molecular complexity index is 824. The topological polar surface area (TPSA) is 226 Å². The van der Waals surface area contributed by atoms with Crippen LogP contribution in [0.15, 0.2) is 21.5 Å². The Labute approximate surface area is 163 Å². The smallest absolute Gasteiger partial charge is 0.390 e. The third-order valence-electron chi connectivity index (χ3n) is 4.07. The highest BCUT2D eigenvalue weighted by Gasteiger charge is 2.48. The highest BCUT2D eigenvalue weighted by atomic mass is 31.2. The van der Waals surface area contributed by atoms with Gasteiger partial charge in [0.25, 0.3) is 0 Å². The van der Waals surface area contributed by atoms with E-state index in [0.29, 0.717) is 0 Å². The molecule has 1 fully saturated rings. The monoisotopic (exact) mass is 459 g/mol. The highest BCUT2D eigenvalue weighted by molar-refractivity contribution is 7.46. The number of aliphatic imine (C=N–C) groups is 2. The van der Waals surface area contributed by atoms with E-state index in [1.54, 1.807) is 7.05 Å². The molecule has 0 radical (unpaired) electrons. The number of phosphoric ester groups is 1. The number of ether oxygens (including phenoxy) is 1. The Hall–Kier alpha value is -1.42. The van der Waals surface area contributed by atoms with Gasteiger partial charge in [0.15, 0.2) is 18.3 Å². The molecule has 1 saturated heterocycles. The molecule has 2 unspecified atom stereocenters. The van der Waals surface area contributed by atoms with Crippen molar-refractivity contribution in [1.29, 1.82) is 0 Å². The predicted octanol–water partition coefficient (Wildman–Crippen LogP) is -2.68. The number of aliphatic hydroxyl groups excluding tert-OH is 2. The summed E-state index contributed by atoms with van der Waals surface area (Å²) in [6.45, 7) is 0. The first-order valence-corrected chi connectivity index (χ1v) is 11.0. The second-order valence-electron chi connectivity index (χ2n) is 6.07. The zero-order chi connectivity index (χ0) is 21.6. The van der Waals surface area contributed by atoms with Crippen molar-refractivity contribution >= 4 is 28.3 Å². The zero-order valence-corrected chi connectivity index (χ0v) is 16.4. The second-order valence-corrected chi connectivity index (χ2v) is 8.41. The fourth-order valence-corrected chi connectivity index (χ4v) is 3.79. The van der Waals surface area contributed by atoms with Crippen LogP contribution < -0.4 is 5.32 Å². The molecule has 5 atom stereocenters. The lowest BCUT2D eigenvalue weighted by Gasteiger charge is -2.37. The number of hydroxylamine groups is 2. The molecule has 0 aromatic carbocycles. The second kappa shape index (κ2) is 8.02. The van der Waals surface area contributed by atoms with Crippen LogP contribution in [0.5, 0.6) is 0 Å². The minimum atomic E-state index is -5.04.